The molecule has 35 heavy (non-hydrogen) atoms. The van der Waals surface area contributed by atoms with Crippen molar-refractivity contribution in [1.82, 2.24) is 14.8 Å². The Balaban J connectivity index is 1.64. The van der Waals surface area contributed by atoms with E-state index in [4.69, 9.17) is 9.47 Å². The molecule has 1 aromatic carbocycles. The van der Waals surface area contributed by atoms with Crippen molar-refractivity contribution < 1.29 is 24.2 Å². The molecule has 1 fully saturated rings. The van der Waals surface area contributed by atoms with Gasteiger partial charge in [0.25, 0.3) is 5.91 Å². The minimum atomic E-state index is -0.362. The molecular formula is C27H35N3O5. The van der Waals surface area contributed by atoms with Gasteiger partial charge in [-0.2, -0.15) is 0 Å². The molecule has 4 rings (SSSR count). The van der Waals surface area contributed by atoms with E-state index in [0.29, 0.717) is 31.9 Å². The predicted molar refractivity (Wildman–Crippen MR) is 132 cm³/mol. The van der Waals surface area contributed by atoms with Gasteiger partial charge in [-0.1, -0.05) is 37.3 Å². The second-order valence-corrected chi connectivity index (χ2v) is 9.67. The number of nitrogens with zero attached hydrogens (tertiary/aromatic N) is 3. The van der Waals surface area contributed by atoms with Gasteiger partial charge in [0.2, 0.25) is 11.8 Å². The van der Waals surface area contributed by atoms with Gasteiger partial charge in [0.05, 0.1) is 19.2 Å². The molecule has 2 aliphatic rings. The number of ether oxygens (including phenoxy) is 2. The van der Waals surface area contributed by atoms with Crippen LogP contribution in [0.25, 0.3) is 11.1 Å². The van der Waals surface area contributed by atoms with Gasteiger partial charge in [-0.15, -0.1) is 0 Å². The van der Waals surface area contributed by atoms with E-state index in [2.05, 4.69) is 4.98 Å². The molecule has 0 bridgehead atoms. The topological polar surface area (TPSA) is 92.2 Å². The Labute approximate surface area is 206 Å². The molecule has 3 heterocycles. The molecule has 188 valence electrons. The second kappa shape index (κ2) is 11.2. The minimum Gasteiger partial charge on any atom is -0.472 e. The third-order valence-corrected chi connectivity index (χ3v) is 7.03. The lowest BCUT2D eigenvalue weighted by molar-refractivity contribution is -0.138. The fraction of sp³-hybridized carbons (Fsp3) is 0.519. The number of pyridine rings is 1. The highest BCUT2D eigenvalue weighted by Crippen LogP contribution is 2.30. The number of benzene rings is 1. The monoisotopic (exact) mass is 481 g/mol. The van der Waals surface area contributed by atoms with Crippen LogP contribution in [0.15, 0.2) is 42.6 Å². The van der Waals surface area contributed by atoms with Crippen molar-refractivity contribution in [3.8, 4) is 17.0 Å². The van der Waals surface area contributed by atoms with Crippen LogP contribution in [-0.2, 0) is 9.53 Å². The highest BCUT2D eigenvalue weighted by Gasteiger charge is 2.35. The second-order valence-electron chi connectivity index (χ2n) is 9.67. The fourth-order valence-corrected chi connectivity index (χ4v) is 4.72. The molecule has 2 aliphatic heterocycles. The van der Waals surface area contributed by atoms with Crippen molar-refractivity contribution in [3.05, 3.63) is 48.2 Å². The van der Waals surface area contributed by atoms with Crippen LogP contribution in [0.3, 0.4) is 0 Å². The van der Waals surface area contributed by atoms with E-state index < -0.39 is 0 Å². The number of carbonyl (C=O) groups is 2. The summed E-state index contributed by atoms with van der Waals surface area (Å²) in [4.78, 5) is 34.6. The first-order valence-corrected chi connectivity index (χ1v) is 12.4. The first-order chi connectivity index (χ1) is 16.9. The molecule has 8 nitrogen and oxygen atoms in total. The summed E-state index contributed by atoms with van der Waals surface area (Å²) < 4.78 is 11.7. The number of aliphatic hydroxyl groups is 1. The van der Waals surface area contributed by atoms with Gasteiger partial charge < -0.3 is 24.4 Å². The zero-order chi connectivity index (χ0) is 24.9. The van der Waals surface area contributed by atoms with Gasteiger partial charge in [0, 0.05) is 50.4 Å². The molecule has 3 atom stereocenters. The maximum atomic E-state index is 13.6. The Morgan fingerprint density at radius 2 is 1.94 bits per heavy atom. The Morgan fingerprint density at radius 3 is 2.63 bits per heavy atom. The van der Waals surface area contributed by atoms with Crippen LogP contribution in [0.4, 0.5) is 0 Å². The van der Waals surface area contributed by atoms with Crippen LogP contribution in [-0.4, -0.2) is 83.8 Å². The van der Waals surface area contributed by atoms with Crippen molar-refractivity contribution in [2.45, 2.75) is 38.8 Å². The van der Waals surface area contributed by atoms with Crippen molar-refractivity contribution in [3.63, 3.8) is 0 Å². The number of hydrogen-bond donors (Lipinski definition) is 1. The smallest absolute Gasteiger partial charge is 0.259 e. The lowest BCUT2D eigenvalue weighted by Gasteiger charge is -2.38. The summed E-state index contributed by atoms with van der Waals surface area (Å²) in [5, 5.41) is 9.86. The Hall–Kier alpha value is -2.97. The zero-order valence-corrected chi connectivity index (χ0v) is 20.7. The summed E-state index contributed by atoms with van der Waals surface area (Å²) in [6.07, 6.45) is 2.81. The summed E-state index contributed by atoms with van der Waals surface area (Å²) in [5.41, 5.74) is 2.13. The largest absolute Gasteiger partial charge is 0.472 e. The number of rotatable bonds is 6. The molecule has 0 radical (unpaired) electrons. The highest BCUT2D eigenvalue weighted by molar-refractivity contribution is 5.98. The summed E-state index contributed by atoms with van der Waals surface area (Å²) in [7, 11) is 1.80. The molecule has 2 amide bonds. The average Bonchev–Trinajstić information content (AvgIpc) is 2.90. The summed E-state index contributed by atoms with van der Waals surface area (Å²) in [6, 6.07) is 11.2. The summed E-state index contributed by atoms with van der Waals surface area (Å²) in [6.45, 7) is 5.69. The first-order valence-electron chi connectivity index (χ1n) is 12.4. The SMILES string of the molecule is C[C@@H]1CN([C@@H](C)CO)C(=O)c2cc(-c3ccccc3)cnc2O[C@H]1CN(C)C(=O)C1CCOCC1. The fourth-order valence-electron chi connectivity index (χ4n) is 4.72. The van der Waals surface area contributed by atoms with Crippen molar-refractivity contribution in [2.24, 2.45) is 11.8 Å². The van der Waals surface area contributed by atoms with Crippen molar-refractivity contribution in [2.75, 3.05) is 40.0 Å². The van der Waals surface area contributed by atoms with E-state index in [1.807, 2.05) is 44.2 Å². The Kier molecular flexibility index (Phi) is 8.03. The number of amides is 2. The normalized spacial score (nSPS) is 21.9. The third kappa shape index (κ3) is 5.65. The van der Waals surface area contributed by atoms with Gasteiger partial charge >= 0.3 is 0 Å². The zero-order valence-electron chi connectivity index (χ0n) is 20.7. The summed E-state index contributed by atoms with van der Waals surface area (Å²) >= 11 is 0. The summed E-state index contributed by atoms with van der Waals surface area (Å²) in [5.74, 6) is 0.0121. The number of hydrogen-bond acceptors (Lipinski definition) is 6. The molecule has 0 unspecified atom stereocenters. The van der Waals surface area contributed by atoms with Crippen LogP contribution < -0.4 is 4.74 Å². The number of carbonyl (C=O) groups excluding carboxylic acids is 2. The van der Waals surface area contributed by atoms with Gasteiger partial charge in [-0.25, -0.2) is 4.98 Å². The number of likely N-dealkylation sites (N-methyl/N-ethyl adjacent to an activating group) is 1. The predicted octanol–water partition coefficient (Wildman–Crippen LogP) is 2.85. The van der Waals surface area contributed by atoms with E-state index in [1.54, 1.807) is 29.1 Å². The van der Waals surface area contributed by atoms with Crippen LogP contribution in [0.5, 0.6) is 5.88 Å². The average molecular weight is 482 g/mol. The first kappa shape index (κ1) is 25.1. The molecule has 1 saturated heterocycles. The van der Waals surface area contributed by atoms with E-state index in [9.17, 15) is 14.7 Å². The van der Waals surface area contributed by atoms with Crippen molar-refractivity contribution in [1.29, 1.82) is 0 Å². The van der Waals surface area contributed by atoms with Crippen LogP contribution in [0.2, 0.25) is 0 Å². The van der Waals surface area contributed by atoms with E-state index >= 15 is 0 Å². The van der Waals surface area contributed by atoms with Gasteiger partial charge in [0.15, 0.2) is 0 Å². The van der Waals surface area contributed by atoms with Crippen LogP contribution in [0.1, 0.15) is 37.0 Å². The molecule has 1 N–H and O–H groups in total. The quantitative estimate of drug-likeness (QED) is 0.682. The van der Waals surface area contributed by atoms with E-state index in [-0.39, 0.29) is 48.3 Å². The number of aromatic nitrogens is 1. The molecule has 0 saturated carbocycles. The van der Waals surface area contributed by atoms with Gasteiger partial charge in [-0.3, -0.25) is 9.59 Å². The number of aliphatic hydroxyl groups excluding tert-OH is 1. The molecule has 1 aromatic heterocycles. The number of fused-ring (bicyclic) bond motifs is 1. The van der Waals surface area contributed by atoms with Crippen LogP contribution >= 0.6 is 0 Å². The van der Waals surface area contributed by atoms with Gasteiger partial charge in [0.1, 0.15) is 11.7 Å². The standard InChI is InChI=1S/C27H35N3O5/c1-18-15-30(19(2)17-31)27(33)23-13-22(20-7-5-4-6-8-20)14-28-25(23)35-24(18)16-29(3)26(32)21-9-11-34-12-10-21/h4-8,13-14,18-19,21,24,31H,9-12,15-17H2,1-3H3/t18-,19+,24+/m1/s1. The van der Waals surface area contributed by atoms with E-state index in [1.165, 1.54) is 0 Å². The molecule has 0 spiro atoms. The lowest BCUT2D eigenvalue weighted by Crippen LogP contribution is -2.51. The van der Waals surface area contributed by atoms with E-state index in [0.717, 1.165) is 24.0 Å². The molecule has 8 heteroatoms. The molecular weight excluding hydrogens is 446 g/mol. The molecule has 2 aromatic rings. The van der Waals surface area contributed by atoms with Gasteiger partial charge in [-0.05, 0) is 31.4 Å². The minimum absolute atomic E-state index is 0.0380. The Morgan fingerprint density at radius 1 is 1.23 bits per heavy atom. The van der Waals surface area contributed by atoms with Crippen LogP contribution in [0, 0.1) is 11.8 Å². The Bertz CT molecular complexity index is 1020. The lowest BCUT2D eigenvalue weighted by atomic mass is 9.97. The maximum absolute atomic E-state index is 13.6. The highest BCUT2D eigenvalue weighted by atomic mass is 16.5. The maximum Gasteiger partial charge on any atom is 0.259 e. The molecule has 0 aliphatic carbocycles. The third-order valence-electron chi connectivity index (χ3n) is 7.03. The van der Waals surface area contributed by atoms with Crippen molar-refractivity contribution >= 4 is 11.8 Å².